The first-order valence-corrected chi connectivity index (χ1v) is 8.78. The van der Waals surface area contributed by atoms with E-state index in [2.05, 4.69) is 11.9 Å². The Bertz CT molecular complexity index is 611. The van der Waals surface area contributed by atoms with Crippen molar-refractivity contribution in [3.8, 4) is 0 Å². The molecule has 1 aliphatic rings. The lowest BCUT2D eigenvalue weighted by molar-refractivity contribution is -0.130. The van der Waals surface area contributed by atoms with Crippen LogP contribution < -0.4 is 5.32 Å². The van der Waals surface area contributed by atoms with E-state index in [1.807, 2.05) is 6.07 Å². The summed E-state index contributed by atoms with van der Waals surface area (Å²) in [5, 5.41) is 21.2. The Hall–Kier alpha value is -2.32. The molecule has 0 aromatic heterocycles. The summed E-state index contributed by atoms with van der Waals surface area (Å²) < 4.78 is 5.30. The van der Waals surface area contributed by atoms with Crippen molar-refractivity contribution in [3.05, 3.63) is 48.6 Å². The molecule has 1 aromatic carbocycles. The lowest BCUT2D eigenvalue weighted by Crippen LogP contribution is -2.46. The molecule has 140 valence electrons. The van der Waals surface area contributed by atoms with Gasteiger partial charge < -0.3 is 25.0 Å². The van der Waals surface area contributed by atoms with Gasteiger partial charge in [-0.25, -0.2) is 4.79 Å². The molecule has 2 atom stereocenters. The van der Waals surface area contributed by atoms with Crippen molar-refractivity contribution in [2.24, 2.45) is 0 Å². The Morgan fingerprint density at radius 2 is 2.08 bits per heavy atom. The third-order valence-electron chi connectivity index (χ3n) is 4.43. The van der Waals surface area contributed by atoms with E-state index in [0.717, 1.165) is 24.8 Å². The number of likely N-dealkylation sites (tertiary alicyclic amines) is 1. The van der Waals surface area contributed by atoms with Crippen molar-refractivity contribution in [1.82, 2.24) is 10.2 Å². The van der Waals surface area contributed by atoms with Crippen LogP contribution in [-0.2, 0) is 9.53 Å². The SMILES string of the molecule is C=CC(=O)N1CCCC[C@@H]1COC(=O)N[C@H](CB(O)O)c1ccccc1. The molecule has 26 heavy (non-hydrogen) atoms. The Morgan fingerprint density at radius 3 is 2.73 bits per heavy atom. The topological polar surface area (TPSA) is 99.1 Å². The number of carbonyl (C=O) groups is 2. The fraction of sp³-hybridized carbons (Fsp3) is 0.444. The van der Waals surface area contributed by atoms with E-state index >= 15 is 0 Å². The van der Waals surface area contributed by atoms with Gasteiger partial charge in [-0.2, -0.15) is 0 Å². The summed E-state index contributed by atoms with van der Waals surface area (Å²) in [6.07, 6.45) is 3.23. The summed E-state index contributed by atoms with van der Waals surface area (Å²) in [6, 6.07) is 8.28. The molecule has 1 saturated heterocycles. The Labute approximate surface area is 153 Å². The monoisotopic (exact) mass is 360 g/mol. The number of carbonyl (C=O) groups excluding carboxylic acids is 2. The molecule has 0 radical (unpaired) electrons. The molecule has 8 heteroatoms. The van der Waals surface area contributed by atoms with E-state index in [4.69, 9.17) is 4.74 Å². The maximum atomic E-state index is 12.2. The minimum atomic E-state index is -1.56. The molecule has 1 fully saturated rings. The average Bonchev–Trinajstić information content (AvgIpc) is 2.66. The normalized spacial score (nSPS) is 17.9. The number of alkyl carbamates (subject to hydrolysis) is 1. The number of benzene rings is 1. The van der Waals surface area contributed by atoms with Gasteiger partial charge in [-0.15, -0.1) is 0 Å². The lowest BCUT2D eigenvalue weighted by atomic mass is 9.79. The smallest absolute Gasteiger partial charge is 0.447 e. The number of hydrogen-bond acceptors (Lipinski definition) is 5. The summed E-state index contributed by atoms with van der Waals surface area (Å²) in [4.78, 5) is 25.8. The molecule has 1 aromatic rings. The zero-order chi connectivity index (χ0) is 18.9. The van der Waals surface area contributed by atoms with Gasteiger partial charge in [0.05, 0.1) is 12.1 Å². The van der Waals surface area contributed by atoms with Gasteiger partial charge in [0.25, 0.3) is 0 Å². The summed E-state index contributed by atoms with van der Waals surface area (Å²) in [5.41, 5.74) is 0.749. The van der Waals surface area contributed by atoms with Crippen LogP contribution in [0.4, 0.5) is 4.79 Å². The number of nitrogens with one attached hydrogen (secondary N) is 1. The highest BCUT2D eigenvalue weighted by molar-refractivity contribution is 6.41. The van der Waals surface area contributed by atoms with Crippen molar-refractivity contribution in [2.75, 3.05) is 13.2 Å². The minimum absolute atomic E-state index is 0.0520. The van der Waals surface area contributed by atoms with Gasteiger partial charge in [0.2, 0.25) is 5.91 Å². The lowest BCUT2D eigenvalue weighted by Gasteiger charge is -2.34. The molecule has 2 amide bonds. The largest absolute Gasteiger partial charge is 0.453 e. The molecule has 2 rings (SSSR count). The van der Waals surface area contributed by atoms with Crippen LogP contribution in [-0.4, -0.2) is 53.3 Å². The molecular formula is C18H25BN2O5. The van der Waals surface area contributed by atoms with Crippen molar-refractivity contribution < 1.29 is 24.4 Å². The Morgan fingerprint density at radius 1 is 1.35 bits per heavy atom. The molecule has 3 N–H and O–H groups in total. The number of hydrogen-bond donors (Lipinski definition) is 3. The van der Waals surface area contributed by atoms with Gasteiger partial charge in [0.15, 0.2) is 0 Å². The van der Waals surface area contributed by atoms with Crippen LogP contribution in [0.3, 0.4) is 0 Å². The zero-order valence-electron chi connectivity index (χ0n) is 14.7. The highest BCUT2D eigenvalue weighted by Gasteiger charge is 2.27. The van der Waals surface area contributed by atoms with Gasteiger partial charge in [-0.05, 0) is 30.9 Å². The van der Waals surface area contributed by atoms with Gasteiger partial charge in [-0.1, -0.05) is 36.9 Å². The number of ether oxygens (including phenoxy) is 1. The maximum Gasteiger partial charge on any atom is 0.453 e. The number of nitrogens with zero attached hydrogens (tertiary/aromatic N) is 1. The molecule has 1 aliphatic heterocycles. The predicted molar refractivity (Wildman–Crippen MR) is 98.2 cm³/mol. The van der Waals surface area contributed by atoms with E-state index in [0.29, 0.717) is 6.54 Å². The standard InChI is InChI=1S/C18H25BN2O5/c1-2-17(22)21-11-7-6-10-15(21)13-26-18(23)20-16(12-19(24)25)14-8-4-3-5-9-14/h2-5,8-9,15-16,24-25H,1,6-7,10-13H2,(H,20,23)/t15-,16-/m1/s1. The first-order chi connectivity index (χ1) is 12.5. The average molecular weight is 360 g/mol. The van der Waals surface area contributed by atoms with Gasteiger partial charge in [0, 0.05) is 12.9 Å². The predicted octanol–water partition coefficient (Wildman–Crippen LogP) is 1.49. The van der Waals surface area contributed by atoms with E-state index in [1.54, 1.807) is 29.2 Å². The Balaban J connectivity index is 1.92. The van der Waals surface area contributed by atoms with Gasteiger partial charge in [-0.3, -0.25) is 4.79 Å². The van der Waals surface area contributed by atoms with Crippen LogP contribution in [0.2, 0.25) is 6.32 Å². The third-order valence-corrected chi connectivity index (χ3v) is 4.43. The fourth-order valence-corrected chi connectivity index (χ4v) is 3.11. The minimum Gasteiger partial charge on any atom is -0.447 e. The fourth-order valence-electron chi connectivity index (χ4n) is 3.11. The summed E-state index contributed by atoms with van der Waals surface area (Å²) >= 11 is 0. The summed E-state index contributed by atoms with van der Waals surface area (Å²) in [7, 11) is -1.56. The first kappa shape index (κ1) is 20.0. The van der Waals surface area contributed by atoms with E-state index in [1.165, 1.54) is 6.08 Å². The second-order valence-electron chi connectivity index (χ2n) is 6.31. The van der Waals surface area contributed by atoms with Crippen molar-refractivity contribution in [2.45, 2.75) is 37.7 Å². The molecule has 0 bridgehead atoms. The molecule has 0 spiro atoms. The summed E-state index contributed by atoms with van der Waals surface area (Å²) in [5.74, 6) is -0.163. The highest BCUT2D eigenvalue weighted by Crippen LogP contribution is 2.20. The van der Waals surface area contributed by atoms with Crippen LogP contribution in [0.15, 0.2) is 43.0 Å². The van der Waals surface area contributed by atoms with E-state index in [-0.39, 0.29) is 24.9 Å². The second kappa shape index (κ2) is 9.99. The number of piperidine rings is 1. The Kier molecular flexibility index (Phi) is 7.68. The van der Waals surface area contributed by atoms with Crippen LogP contribution in [0.1, 0.15) is 30.9 Å². The van der Waals surface area contributed by atoms with Gasteiger partial charge in [0.1, 0.15) is 6.61 Å². The van der Waals surface area contributed by atoms with Crippen LogP contribution in [0, 0.1) is 0 Å². The maximum absolute atomic E-state index is 12.2. The molecule has 0 unspecified atom stereocenters. The molecule has 1 heterocycles. The van der Waals surface area contributed by atoms with E-state index in [9.17, 15) is 19.6 Å². The number of amides is 2. The van der Waals surface area contributed by atoms with Crippen LogP contribution in [0.5, 0.6) is 0 Å². The highest BCUT2D eigenvalue weighted by atomic mass is 16.5. The molecule has 0 saturated carbocycles. The van der Waals surface area contributed by atoms with Gasteiger partial charge >= 0.3 is 13.2 Å². The van der Waals surface area contributed by atoms with Crippen molar-refractivity contribution in [3.63, 3.8) is 0 Å². The number of rotatable bonds is 7. The quantitative estimate of drug-likeness (QED) is 0.506. The molecular weight excluding hydrogens is 335 g/mol. The third kappa shape index (κ3) is 5.89. The van der Waals surface area contributed by atoms with E-state index < -0.39 is 19.3 Å². The summed E-state index contributed by atoms with van der Waals surface area (Å²) in [6.45, 7) is 4.23. The van der Waals surface area contributed by atoms with Crippen LogP contribution >= 0.6 is 0 Å². The second-order valence-corrected chi connectivity index (χ2v) is 6.31. The zero-order valence-corrected chi connectivity index (χ0v) is 14.7. The molecule has 7 nitrogen and oxygen atoms in total. The first-order valence-electron chi connectivity index (χ1n) is 8.78. The van der Waals surface area contributed by atoms with Crippen molar-refractivity contribution >= 4 is 19.1 Å². The molecule has 0 aliphatic carbocycles. The van der Waals surface area contributed by atoms with Crippen molar-refractivity contribution in [1.29, 1.82) is 0 Å². The van der Waals surface area contributed by atoms with Crippen LogP contribution in [0.25, 0.3) is 0 Å².